The summed E-state index contributed by atoms with van der Waals surface area (Å²) in [5.74, 6) is 3.01. The second-order valence-electron chi connectivity index (χ2n) is 5.21. The van der Waals surface area contributed by atoms with Crippen molar-refractivity contribution in [3.05, 3.63) is 47.4 Å². The Morgan fingerprint density at radius 1 is 1.24 bits per heavy atom. The molecule has 0 fully saturated rings. The van der Waals surface area contributed by atoms with Gasteiger partial charge in [-0.2, -0.15) is 0 Å². The predicted molar refractivity (Wildman–Crippen MR) is 84.0 cm³/mol. The van der Waals surface area contributed by atoms with Gasteiger partial charge in [-0.15, -0.1) is 0 Å². The van der Waals surface area contributed by atoms with E-state index in [1.807, 2.05) is 18.2 Å². The number of para-hydroxylation sites is 1. The van der Waals surface area contributed by atoms with Crippen LogP contribution in [0.1, 0.15) is 43.3 Å². The van der Waals surface area contributed by atoms with Crippen LogP contribution < -0.4 is 10.1 Å². The normalized spacial score (nSPS) is 17.0. The van der Waals surface area contributed by atoms with Crippen LogP contribution in [0, 0.1) is 0 Å². The molecule has 1 unspecified atom stereocenters. The third-order valence-electron chi connectivity index (χ3n) is 3.79. The van der Waals surface area contributed by atoms with Gasteiger partial charge >= 0.3 is 0 Å². The molecule has 1 aliphatic heterocycles. The number of rotatable bonds is 4. The standard InChI is InChI=1S/C17H21N3O/c1-3-12-11-16(18-4-2)20-17(19-12)14-9-10-21-15-8-6-5-7-13(14)15/h5-8,11,14H,3-4,9-10H2,1-2H3,(H,18,19,20). The molecule has 0 saturated heterocycles. The Bertz CT molecular complexity index is 627. The minimum absolute atomic E-state index is 0.221. The quantitative estimate of drug-likeness (QED) is 0.934. The second-order valence-corrected chi connectivity index (χ2v) is 5.21. The molecule has 21 heavy (non-hydrogen) atoms. The summed E-state index contributed by atoms with van der Waals surface area (Å²) in [5, 5.41) is 3.30. The van der Waals surface area contributed by atoms with Gasteiger partial charge in [0.1, 0.15) is 17.4 Å². The number of ether oxygens (including phenoxy) is 1. The van der Waals surface area contributed by atoms with E-state index in [1.54, 1.807) is 0 Å². The van der Waals surface area contributed by atoms with E-state index in [4.69, 9.17) is 14.7 Å². The molecule has 1 N–H and O–H groups in total. The molecule has 0 bridgehead atoms. The Hall–Kier alpha value is -2.10. The number of hydrogen-bond donors (Lipinski definition) is 1. The van der Waals surface area contributed by atoms with Crippen molar-refractivity contribution in [1.82, 2.24) is 9.97 Å². The maximum atomic E-state index is 5.74. The molecular formula is C17H21N3O. The third kappa shape index (κ3) is 2.84. The summed E-state index contributed by atoms with van der Waals surface area (Å²) in [6.07, 6.45) is 1.84. The molecule has 1 atom stereocenters. The van der Waals surface area contributed by atoms with Crippen molar-refractivity contribution in [2.75, 3.05) is 18.5 Å². The van der Waals surface area contributed by atoms with Crippen LogP contribution in [0.3, 0.4) is 0 Å². The zero-order chi connectivity index (χ0) is 14.7. The molecule has 0 spiro atoms. The lowest BCUT2D eigenvalue weighted by Crippen LogP contribution is -2.18. The fourth-order valence-electron chi connectivity index (χ4n) is 2.74. The fraction of sp³-hybridized carbons (Fsp3) is 0.412. The van der Waals surface area contributed by atoms with Crippen molar-refractivity contribution < 1.29 is 4.74 Å². The van der Waals surface area contributed by atoms with E-state index in [9.17, 15) is 0 Å². The number of aryl methyl sites for hydroxylation is 1. The average molecular weight is 283 g/mol. The molecule has 1 aromatic heterocycles. The Balaban J connectivity index is 2.02. The second kappa shape index (κ2) is 6.12. The Labute approximate surface area is 125 Å². The van der Waals surface area contributed by atoms with Crippen molar-refractivity contribution in [1.29, 1.82) is 0 Å². The van der Waals surface area contributed by atoms with Gasteiger partial charge in [0.2, 0.25) is 0 Å². The first kappa shape index (κ1) is 13.9. The highest BCUT2D eigenvalue weighted by atomic mass is 16.5. The number of benzene rings is 1. The monoisotopic (exact) mass is 283 g/mol. The lowest BCUT2D eigenvalue weighted by molar-refractivity contribution is 0.274. The Morgan fingerprint density at radius 3 is 2.90 bits per heavy atom. The van der Waals surface area contributed by atoms with Crippen LogP contribution in [0.4, 0.5) is 5.82 Å². The third-order valence-corrected chi connectivity index (χ3v) is 3.79. The molecule has 0 aliphatic carbocycles. The molecule has 1 aromatic carbocycles. The average Bonchev–Trinajstić information content (AvgIpc) is 2.54. The summed E-state index contributed by atoms with van der Waals surface area (Å²) < 4.78 is 5.74. The number of fused-ring (bicyclic) bond motifs is 1. The molecule has 110 valence electrons. The maximum Gasteiger partial charge on any atom is 0.138 e. The largest absolute Gasteiger partial charge is 0.493 e. The van der Waals surface area contributed by atoms with Gasteiger partial charge in [-0.05, 0) is 25.8 Å². The van der Waals surface area contributed by atoms with E-state index < -0.39 is 0 Å². The first-order chi connectivity index (χ1) is 10.3. The number of hydrogen-bond acceptors (Lipinski definition) is 4. The van der Waals surface area contributed by atoms with Crippen LogP contribution in [0.2, 0.25) is 0 Å². The number of anilines is 1. The SMILES string of the molecule is CCNc1cc(CC)nc(C2CCOc3ccccc32)n1. The van der Waals surface area contributed by atoms with Gasteiger partial charge in [-0.25, -0.2) is 9.97 Å². The molecule has 0 saturated carbocycles. The van der Waals surface area contributed by atoms with Crippen LogP contribution >= 0.6 is 0 Å². The highest BCUT2D eigenvalue weighted by molar-refractivity contribution is 5.43. The van der Waals surface area contributed by atoms with Crippen molar-refractivity contribution in [3.63, 3.8) is 0 Å². The maximum absolute atomic E-state index is 5.74. The van der Waals surface area contributed by atoms with Crippen LogP contribution in [-0.4, -0.2) is 23.1 Å². The molecule has 4 heteroatoms. The minimum Gasteiger partial charge on any atom is -0.493 e. The van der Waals surface area contributed by atoms with E-state index in [2.05, 4.69) is 31.3 Å². The first-order valence-electron chi connectivity index (χ1n) is 7.65. The zero-order valence-corrected chi connectivity index (χ0v) is 12.6. The van der Waals surface area contributed by atoms with Gasteiger partial charge in [0, 0.05) is 23.9 Å². The van der Waals surface area contributed by atoms with Crippen LogP contribution in [0.25, 0.3) is 0 Å². The zero-order valence-electron chi connectivity index (χ0n) is 12.6. The van der Waals surface area contributed by atoms with Gasteiger partial charge < -0.3 is 10.1 Å². The fourth-order valence-corrected chi connectivity index (χ4v) is 2.74. The Kier molecular flexibility index (Phi) is 4.04. The molecule has 2 aromatic rings. The van der Waals surface area contributed by atoms with E-state index >= 15 is 0 Å². The van der Waals surface area contributed by atoms with Crippen molar-refractivity contribution in [3.8, 4) is 5.75 Å². The van der Waals surface area contributed by atoms with E-state index in [1.165, 1.54) is 5.56 Å². The highest BCUT2D eigenvalue weighted by Gasteiger charge is 2.25. The molecule has 2 heterocycles. The van der Waals surface area contributed by atoms with Crippen LogP contribution in [-0.2, 0) is 6.42 Å². The van der Waals surface area contributed by atoms with Gasteiger partial charge in [0.05, 0.1) is 12.5 Å². The number of nitrogens with one attached hydrogen (secondary N) is 1. The van der Waals surface area contributed by atoms with E-state index in [0.29, 0.717) is 0 Å². The highest BCUT2D eigenvalue weighted by Crippen LogP contribution is 2.36. The van der Waals surface area contributed by atoms with E-state index in [-0.39, 0.29) is 5.92 Å². The lowest BCUT2D eigenvalue weighted by Gasteiger charge is -2.25. The van der Waals surface area contributed by atoms with Gasteiger partial charge in [0.15, 0.2) is 0 Å². The van der Waals surface area contributed by atoms with Crippen molar-refractivity contribution >= 4 is 5.82 Å². The molecule has 1 aliphatic rings. The molecule has 3 rings (SSSR count). The summed E-state index contributed by atoms with van der Waals surface area (Å²) in [5.41, 5.74) is 2.28. The summed E-state index contributed by atoms with van der Waals surface area (Å²) in [6, 6.07) is 10.2. The first-order valence-corrected chi connectivity index (χ1v) is 7.65. The lowest BCUT2D eigenvalue weighted by atomic mass is 9.92. The van der Waals surface area contributed by atoms with Crippen molar-refractivity contribution in [2.45, 2.75) is 32.6 Å². The van der Waals surface area contributed by atoms with E-state index in [0.717, 1.165) is 49.1 Å². The van der Waals surface area contributed by atoms with Crippen LogP contribution in [0.5, 0.6) is 5.75 Å². The van der Waals surface area contributed by atoms with Gasteiger partial charge in [-0.3, -0.25) is 0 Å². The predicted octanol–water partition coefficient (Wildman–Crippen LogP) is 3.39. The number of aromatic nitrogens is 2. The molecule has 0 amide bonds. The summed E-state index contributed by atoms with van der Waals surface area (Å²) in [7, 11) is 0. The summed E-state index contributed by atoms with van der Waals surface area (Å²) >= 11 is 0. The molecule has 0 radical (unpaired) electrons. The topological polar surface area (TPSA) is 47.0 Å². The van der Waals surface area contributed by atoms with Gasteiger partial charge in [-0.1, -0.05) is 25.1 Å². The summed E-state index contributed by atoms with van der Waals surface area (Å²) in [6.45, 7) is 5.79. The smallest absolute Gasteiger partial charge is 0.138 e. The number of nitrogens with zero attached hydrogens (tertiary/aromatic N) is 2. The van der Waals surface area contributed by atoms with Gasteiger partial charge in [0.25, 0.3) is 0 Å². The summed E-state index contributed by atoms with van der Waals surface area (Å²) in [4.78, 5) is 9.47. The molecular weight excluding hydrogens is 262 g/mol. The van der Waals surface area contributed by atoms with Crippen molar-refractivity contribution in [2.24, 2.45) is 0 Å². The Morgan fingerprint density at radius 2 is 2.10 bits per heavy atom. The molecule has 4 nitrogen and oxygen atoms in total. The van der Waals surface area contributed by atoms with Crippen LogP contribution in [0.15, 0.2) is 30.3 Å². The minimum atomic E-state index is 0.221.